The van der Waals surface area contributed by atoms with Gasteiger partial charge in [0.15, 0.2) is 6.17 Å². The van der Waals surface area contributed by atoms with Crippen LogP contribution in [0, 0.1) is 0 Å². The van der Waals surface area contributed by atoms with Gasteiger partial charge in [0.25, 0.3) is 0 Å². The molecule has 1 atom stereocenters. The number of para-hydroxylation sites is 1. The molecule has 7 heteroatoms. The number of benzene rings is 1. The number of methoxy groups -OCH3 is 1. The van der Waals surface area contributed by atoms with E-state index in [9.17, 15) is 14.4 Å². The zero-order valence-electron chi connectivity index (χ0n) is 12.7. The van der Waals surface area contributed by atoms with Crippen LogP contribution in [0.15, 0.2) is 41.8 Å². The standard InChI is InChI=1S/C16H16N2O4S/c1-10(19)17-15(14(20)13-8-5-9-23-13)18-12-7-4-3-6-11(12)16(21)22-2/h3-9,15,18H,1-2H3,(H,17,19)/t15-/m1/s1. The third-order valence-corrected chi connectivity index (χ3v) is 3.89. The second-order valence-electron chi connectivity index (χ2n) is 4.66. The van der Waals surface area contributed by atoms with Gasteiger partial charge in [0.2, 0.25) is 11.7 Å². The summed E-state index contributed by atoms with van der Waals surface area (Å²) in [5, 5.41) is 7.24. The number of carbonyl (C=O) groups is 3. The van der Waals surface area contributed by atoms with Crippen LogP contribution in [-0.4, -0.2) is 30.9 Å². The van der Waals surface area contributed by atoms with Gasteiger partial charge in [-0.25, -0.2) is 4.79 Å². The molecular formula is C16H16N2O4S. The Bertz CT molecular complexity index is 713. The summed E-state index contributed by atoms with van der Waals surface area (Å²) in [6, 6.07) is 10.1. The highest BCUT2D eigenvalue weighted by atomic mass is 32.1. The summed E-state index contributed by atoms with van der Waals surface area (Å²) in [6.07, 6.45) is -0.975. The number of ether oxygens (including phenoxy) is 1. The molecule has 2 N–H and O–H groups in total. The summed E-state index contributed by atoms with van der Waals surface area (Å²) in [4.78, 5) is 36.2. The molecule has 1 aromatic carbocycles. The van der Waals surface area contributed by atoms with Gasteiger partial charge in [-0.05, 0) is 23.6 Å². The van der Waals surface area contributed by atoms with Crippen molar-refractivity contribution in [2.24, 2.45) is 0 Å². The van der Waals surface area contributed by atoms with Crippen LogP contribution in [0.2, 0.25) is 0 Å². The number of Topliss-reactive ketones (excluding diaryl/α,β-unsaturated/α-hetero) is 1. The van der Waals surface area contributed by atoms with E-state index in [2.05, 4.69) is 10.6 Å². The minimum Gasteiger partial charge on any atom is -0.465 e. The minimum absolute atomic E-state index is 0.282. The second kappa shape index (κ2) is 7.55. The molecule has 1 amide bonds. The lowest BCUT2D eigenvalue weighted by atomic mass is 10.1. The van der Waals surface area contributed by atoms with Gasteiger partial charge in [-0.2, -0.15) is 0 Å². The average molecular weight is 332 g/mol. The van der Waals surface area contributed by atoms with Crippen LogP contribution >= 0.6 is 11.3 Å². The Morgan fingerprint density at radius 2 is 1.87 bits per heavy atom. The largest absolute Gasteiger partial charge is 0.465 e. The Hall–Kier alpha value is -2.67. The van der Waals surface area contributed by atoms with E-state index in [4.69, 9.17) is 4.74 Å². The van der Waals surface area contributed by atoms with E-state index in [1.807, 2.05) is 0 Å². The summed E-state index contributed by atoms with van der Waals surface area (Å²) in [7, 11) is 1.28. The molecule has 0 saturated carbocycles. The van der Waals surface area contributed by atoms with Crippen LogP contribution in [-0.2, 0) is 9.53 Å². The molecule has 1 heterocycles. The van der Waals surface area contributed by atoms with E-state index in [1.165, 1.54) is 25.4 Å². The first kappa shape index (κ1) is 16.7. The predicted molar refractivity (Wildman–Crippen MR) is 87.7 cm³/mol. The zero-order valence-corrected chi connectivity index (χ0v) is 13.5. The van der Waals surface area contributed by atoms with Crippen molar-refractivity contribution in [2.45, 2.75) is 13.1 Å². The minimum atomic E-state index is -0.975. The number of hydrogen-bond donors (Lipinski definition) is 2. The van der Waals surface area contributed by atoms with Crippen molar-refractivity contribution in [1.82, 2.24) is 5.32 Å². The number of esters is 1. The zero-order chi connectivity index (χ0) is 16.8. The third kappa shape index (κ3) is 4.17. The van der Waals surface area contributed by atoms with Crippen LogP contribution in [0.1, 0.15) is 27.0 Å². The molecule has 0 fully saturated rings. The average Bonchev–Trinajstić information content (AvgIpc) is 3.07. The highest BCUT2D eigenvalue weighted by Crippen LogP contribution is 2.19. The molecular weight excluding hydrogens is 316 g/mol. The van der Waals surface area contributed by atoms with Gasteiger partial charge in [-0.3, -0.25) is 9.59 Å². The molecule has 0 unspecified atom stereocenters. The lowest BCUT2D eigenvalue weighted by Gasteiger charge is -2.20. The Morgan fingerprint density at radius 3 is 2.48 bits per heavy atom. The molecule has 23 heavy (non-hydrogen) atoms. The van der Waals surface area contributed by atoms with Crippen LogP contribution < -0.4 is 10.6 Å². The molecule has 1 aromatic heterocycles. The molecule has 0 aliphatic rings. The van der Waals surface area contributed by atoms with Crippen LogP contribution in [0.5, 0.6) is 0 Å². The first-order chi connectivity index (χ1) is 11.0. The van der Waals surface area contributed by atoms with Crippen molar-refractivity contribution in [3.05, 3.63) is 52.2 Å². The fraction of sp³-hybridized carbons (Fsp3) is 0.188. The smallest absolute Gasteiger partial charge is 0.339 e. The molecule has 120 valence electrons. The maximum atomic E-state index is 12.5. The van der Waals surface area contributed by atoms with Gasteiger partial charge in [-0.15, -0.1) is 11.3 Å². The van der Waals surface area contributed by atoms with E-state index < -0.39 is 12.1 Å². The molecule has 0 radical (unpaired) electrons. The van der Waals surface area contributed by atoms with E-state index in [1.54, 1.807) is 41.8 Å². The first-order valence-corrected chi connectivity index (χ1v) is 7.69. The van der Waals surface area contributed by atoms with Crippen molar-refractivity contribution in [1.29, 1.82) is 0 Å². The van der Waals surface area contributed by atoms with E-state index in [0.717, 1.165) is 0 Å². The highest BCUT2D eigenvalue weighted by molar-refractivity contribution is 7.12. The van der Waals surface area contributed by atoms with Gasteiger partial charge in [0.1, 0.15) is 0 Å². The van der Waals surface area contributed by atoms with Crippen molar-refractivity contribution in [3.8, 4) is 0 Å². The number of anilines is 1. The number of carbonyl (C=O) groups excluding carboxylic acids is 3. The number of thiophene rings is 1. The van der Waals surface area contributed by atoms with Gasteiger partial charge >= 0.3 is 5.97 Å². The SMILES string of the molecule is COC(=O)c1ccccc1N[C@@H](NC(C)=O)C(=O)c1cccs1. The van der Waals surface area contributed by atoms with Crippen molar-refractivity contribution < 1.29 is 19.1 Å². The fourth-order valence-electron chi connectivity index (χ4n) is 1.98. The molecule has 6 nitrogen and oxygen atoms in total. The molecule has 0 bridgehead atoms. The van der Waals surface area contributed by atoms with Gasteiger partial charge in [0, 0.05) is 6.92 Å². The molecule has 0 spiro atoms. The topological polar surface area (TPSA) is 84.5 Å². The van der Waals surface area contributed by atoms with Crippen LogP contribution in [0.3, 0.4) is 0 Å². The second-order valence-corrected chi connectivity index (χ2v) is 5.60. The maximum absolute atomic E-state index is 12.5. The van der Waals surface area contributed by atoms with Gasteiger partial charge < -0.3 is 15.4 Å². The number of hydrogen-bond acceptors (Lipinski definition) is 6. The molecule has 0 aliphatic carbocycles. The molecule has 0 saturated heterocycles. The monoisotopic (exact) mass is 332 g/mol. The number of rotatable bonds is 6. The Morgan fingerprint density at radius 1 is 1.13 bits per heavy atom. The number of nitrogens with one attached hydrogen (secondary N) is 2. The fourth-order valence-corrected chi connectivity index (χ4v) is 2.68. The van der Waals surface area contributed by atoms with Gasteiger partial charge in [0.05, 0.1) is 23.2 Å². The summed E-state index contributed by atoms with van der Waals surface area (Å²) >= 11 is 1.28. The van der Waals surface area contributed by atoms with E-state index >= 15 is 0 Å². The number of amides is 1. The Balaban J connectivity index is 2.30. The van der Waals surface area contributed by atoms with Crippen LogP contribution in [0.4, 0.5) is 5.69 Å². The van der Waals surface area contributed by atoms with Gasteiger partial charge in [-0.1, -0.05) is 18.2 Å². The molecule has 2 rings (SSSR count). The normalized spacial score (nSPS) is 11.4. The lowest BCUT2D eigenvalue weighted by molar-refractivity contribution is -0.119. The molecule has 2 aromatic rings. The molecule has 0 aliphatic heterocycles. The highest BCUT2D eigenvalue weighted by Gasteiger charge is 2.23. The summed E-state index contributed by atoms with van der Waals surface area (Å²) in [5.74, 6) is -1.17. The number of ketones is 1. The summed E-state index contributed by atoms with van der Waals surface area (Å²) in [6.45, 7) is 1.32. The quantitative estimate of drug-likeness (QED) is 0.482. The van der Waals surface area contributed by atoms with Crippen molar-refractivity contribution >= 4 is 34.7 Å². The van der Waals surface area contributed by atoms with Crippen molar-refractivity contribution in [2.75, 3.05) is 12.4 Å². The lowest BCUT2D eigenvalue weighted by Crippen LogP contribution is -2.45. The maximum Gasteiger partial charge on any atom is 0.339 e. The Labute approximate surface area is 137 Å². The summed E-state index contributed by atoms with van der Waals surface area (Å²) in [5.41, 5.74) is 0.687. The van der Waals surface area contributed by atoms with E-state index in [-0.39, 0.29) is 17.3 Å². The van der Waals surface area contributed by atoms with E-state index in [0.29, 0.717) is 10.6 Å². The Kier molecular flexibility index (Phi) is 5.48. The predicted octanol–water partition coefficient (Wildman–Crippen LogP) is 2.29. The van der Waals surface area contributed by atoms with Crippen LogP contribution in [0.25, 0.3) is 0 Å². The first-order valence-electron chi connectivity index (χ1n) is 6.81. The summed E-state index contributed by atoms with van der Waals surface area (Å²) < 4.78 is 4.72. The third-order valence-electron chi connectivity index (χ3n) is 3.01. The van der Waals surface area contributed by atoms with Crippen molar-refractivity contribution in [3.63, 3.8) is 0 Å².